The first kappa shape index (κ1) is 10.2. The van der Waals surface area contributed by atoms with E-state index >= 15 is 0 Å². The molecule has 4 heteroatoms. The van der Waals surface area contributed by atoms with Crippen LogP contribution in [0.1, 0.15) is 17.4 Å². The molecule has 2 aromatic heterocycles. The van der Waals surface area contributed by atoms with Gasteiger partial charge < -0.3 is 9.72 Å². The number of hydrogen-bond acceptors (Lipinski definition) is 3. The van der Waals surface area contributed by atoms with Crippen LogP contribution in [0.15, 0.2) is 24.5 Å². The second kappa shape index (κ2) is 4.11. The zero-order valence-corrected chi connectivity index (χ0v) is 10.1. The Balaban J connectivity index is 2.03. The molecule has 2 aromatic rings. The number of imidazole rings is 1. The summed E-state index contributed by atoms with van der Waals surface area (Å²) in [4.78, 5) is 4.55. The topological polar surface area (TPSA) is 29.3 Å². The summed E-state index contributed by atoms with van der Waals surface area (Å²) in [6, 6.07) is 4.70. The lowest BCUT2D eigenvalue weighted by Crippen LogP contribution is -2.31. The molecule has 0 amide bonds. The summed E-state index contributed by atoms with van der Waals surface area (Å²) < 4.78 is 2.19. The molecule has 1 N–H and O–H groups in total. The fourth-order valence-corrected chi connectivity index (χ4v) is 3.05. The molecule has 0 saturated carbocycles. The Morgan fingerprint density at radius 1 is 1.56 bits per heavy atom. The highest BCUT2D eigenvalue weighted by molar-refractivity contribution is 7.99. The Labute approximate surface area is 99.3 Å². The van der Waals surface area contributed by atoms with E-state index in [9.17, 15) is 0 Å². The minimum absolute atomic E-state index is 0.393. The van der Waals surface area contributed by atoms with Gasteiger partial charge in [-0.15, -0.1) is 0 Å². The van der Waals surface area contributed by atoms with Gasteiger partial charge in [0.25, 0.3) is 0 Å². The highest BCUT2D eigenvalue weighted by Crippen LogP contribution is 2.22. The van der Waals surface area contributed by atoms with Crippen LogP contribution >= 0.6 is 11.8 Å². The number of nitrogens with one attached hydrogen (secondary N) is 1. The molecule has 1 unspecified atom stereocenters. The van der Waals surface area contributed by atoms with Crippen LogP contribution in [0, 0.1) is 6.92 Å². The molecule has 16 heavy (non-hydrogen) atoms. The molecule has 1 aliphatic rings. The van der Waals surface area contributed by atoms with Crippen LogP contribution in [0.3, 0.4) is 0 Å². The number of aryl methyl sites for hydroxylation is 1. The lowest BCUT2D eigenvalue weighted by Gasteiger charge is -2.22. The molecular formula is C12H15N3S. The first-order chi connectivity index (χ1) is 7.84. The summed E-state index contributed by atoms with van der Waals surface area (Å²) in [5.74, 6) is 3.47. The van der Waals surface area contributed by atoms with Gasteiger partial charge in [0.05, 0.1) is 17.8 Å². The van der Waals surface area contributed by atoms with E-state index in [2.05, 4.69) is 40.0 Å². The zero-order valence-electron chi connectivity index (χ0n) is 9.31. The molecule has 3 nitrogen and oxygen atoms in total. The molecule has 0 aromatic carbocycles. The number of fused-ring (bicyclic) bond motifs is 1. The van der Waals surface area contributed by atoms with Gasteiger partial charge in [0.15, 0.2) is 0 Å². The lowest BCUT2D eigenvalue weighted by atomic mass is 10.2. The molecule has 3 heterocycles. The third kappa shape index (κ3) is 1.72. The van der Waals surface area contributed by atoms with Gasteiger partial charge >= 0.3 is 0 Å². The van der Waals surface area contributed by atoms with Crippen molar-refractivity contribution in [3.63, 3.8) is 0 Å². The summed E-state index contributed by atoms with van der Waals surface area (Å²) in [6.45, 7) is 3.19. The van der Waals surface area contributed by atoms with Crippen molar-refractivity contribution < 1.29 is 0 Å². The van der Waals surface area contributed by atoms with Gasteiger partial charge in [-0.3, -0.25) is 0 Å². The predicted molar refractivity (Wildman–Crippen MR) is 68.0 cm³/mol. The van der Waals surface area contributed by atoms with Crippen LogP contribution < -0.4 is 5.32 Å². The van der Waals surface area contributed by atoms with E-state index in [1.807, 2.05) is 18.0 Å². The zero-order chi connectivity index (χ0) is 11.0. The molecule has 1 saturated heterocycles. The Morgan fingerprint density at radius 2 is 2.50 bits per heavy atom. The second-order valence-electron chi connectivity index (χ2n) is 4.20. The summed E-state index contributed by atoms with van der Waals surface area (Å²) >= 11 is 2.00. The third-order valence-corrected chi connectivity index (χ3v) is 4.01. The maximum atomic E-state index is 4.55. The first-order valence-corrected chi connectivity index (χ1v) is 6.75. The molecule has 0 radical (unpaired) electrons. The second-order valence-corrected chi connectivity index (χ2v) is 5.35. The smallest absolute Gasteiger partial charge is 0.131 e. The molecule has 1 atom stereocenters. The van der Waals surface area contributed by atoms with E-state index < -0.39 is 0 Å². The Bertz CT molecular complexity index is 500. The number of aromatic nitrogens is 2. The molecular weight excluding hydrogens is 218 g/mol. The Kier molecular flexibility index (Phi) is 2.61. The van der Waals surface area contributed by atoms with E-state index in [1.165, 1.54) is 16.8 Å². The maximum absolute atomic E-state index is 4.55. The summed E-state index contributed by atoms with van der Waals surface area (Å²) in [5, 5.41) is 3.52. The summed E-state index contributed by atoms with van der Waals surface area (Å²) in [7, 11) is 0. The Morgan fingerprint density at radius 3 is 3.31 bits per heavy atom. The van der Waals surface area contributed by atoms with Crippen LogP contribution in [0.25, 0.3) is 5.52 Å². The van der Waals surface area contributed by atoms with Gasteiger partial charge in [0.1, 0.15) is 5.82 Å². The normalized spacial score (nSPS) is 21.4. The van der Waals surface area contributed by atoms with Gasteiger partial charge in [-0.05, 0) is 24.6 Å². The predicted octanol–water partition coefficient (Wildman–Crippen LogP) is 2.02. The third-order valence-electron chi connectivity index (χ3n) is 2.95. The SMILES string of the molecule is Cc1ccn2c(C3CSCCN3)ncc2c1. The van der Waals surface area contributed by atoms with E-state index in [0.717, 1.165) is 18.1 Å². The average molecular weight is 233 g/mol. The minimum Gasteiger partial charge on any atom is -0.306 e. The van der Waals surface area contributed by atoms with Gasteiger partial charge in [-0.1, -0.05) is 0 Å². The quantitative estimate of drug-likeness (QED) is 0.817. The lowest BCUT2D eigenvalue weighted by molar-refractivity contribution is 0.562. The Hall–Kier alpha value is -1.00. The van der Waals surface area contributed by atoms with Crippen LogP contribution in [-0.2, 0) is 0 Å². The standard InChI is InChI=1S/C12H15N3S/c1-9-2-4-15-10(6-9)7-14-12(15)11-8-16-5-3-13-11/h2,4,6-7,11,13H,3,5,8H2,1H3. The van der Waals surface area contributed by atoms with E-state index in [1.54, 1.807) is 0 Å². The number of thioether (sulfide) groups is 1. The van der Waals surface area contributed by atoms with Gasteiger partial charge in [-0.25, -0.2) is 4.98 Å². The number of rotatable bonds is 1. The van der Waals surface area contributed by atoms with E-state index in [4.69, 9.17) is 0 Å². The van der Waals surface area contributed by atoms with Crippen molar-refractivity contribution in [2.75, 3.05) is 18.1 Å². The first-order valence-electron chi connectivity index (χ1n) is 5.59. The molecule has 3 rings (SSSR count). The highest BCUT2D eigenvalue weighted by atomic mass is 32.2. The van der Waals surface area contributed by atoms with Gasteiger partial charge in [0, 0.05) is 24.2 Å². The fourth-order valence-electron chi connectivity index (χ4n) is 2.12. The summed E-state index contributed by atoms with van der Waals surface area (Å²) in [6.07, 6.45) is 4.08. The highest BCUT2D eigenvalue weighted by Gasteiger charge is 2.19. The average Bonchev–Trinajstić information content (AvgIpc) is 2.73. The van der Waals surface area contributed by atoms with Crippen molar-refractivity contribution in [3.05, 3.63) is 35.9 Å². The van der Waals surface area contributed by atoms with Crippen LogP contribution in [0.5, 0.6) is 0 Å². The van der Waals surface area contributed by atoms with Crippen molar-refractivity contribution >= 4 is 17.3 Å². The number of nitrogens with zero attached hydrogens (tertiary/aromatic N) is 2. The molecule has 0 aliphatic carbocycles. The van der Waals surface area contributed by atoms with Crippen molar-refractivity contribution in [1.29, 1.82) is 0 Å². The maximum Gasteiger partial charge on any atom is 0.131 e. The van der Waals surface area contributed by atoms with Gasteiger partial charge in [-0.2, -0.15) is 11.8 Å². The largest absolute Gasteiger partial charge is 0.306 e. The van der Waals surface area contributed by atoms with Crippen LogP contribution in [0.2, 0.25) is 0 Å². The minimum atomic E-state index is 0.393. The fraction of sp³-hybridized carbons (Fsp3) is 0.417. The van der Waals surface area contributed by atoms with Crippen LogP contribution in [0.4, 0.5) is 0 Å². The number of pyridine rings is 1. The van der Waals surface area contributed by atoms with Crippen molar-refractivity contribution in [2.45, 2.75) is 13.0 Å². The van der Waals surface area contributed by atoms with E-state index in [0.29, 0.717) is 6.04 Å². The monoisotopic (exact) mass is 233 g/mol. The number of hydrogen-bond donors (Lipinski definition) is 1. The van der Waals surface area contributed by atoms with Gasteiger partial charge in [0.2, 0.25) is 0 Å². The van der Waals surface area contributed by atoms with E-state index in [-0.39, 0.29) is 0 Å². The molecule has 0 spiro atoms. The van der Waals surface area contributed by atoms with Crippen molar-refractivity contribution in [2.24, 2.45) is 0 Å². The van der Waals surface area contributed by atoms with Crippen molar-refractivity contribution in [1.82, 2.24) is 14.7 Å². The van der Waals surface area contributed by atoms with Crippen LogP contribution in [-0.4, -0.2) is 27.4 Å². The molecule has 0 bridgehead atoms. The summed E-state index contributed by atoms with van der Waals surface area (Å²) in [5.41, 5.74) is 2.47. The molecule has 1 fully saturated rings. The molecule has 84 valence electrons. The van der Waals surface area contributed by atoms with Crippen molar-refractivity contribution in [3.8, 4) is 0 Å². The molecule has 1 aliphatic heterocycles.